The molecule has 0 unspecified atom stereocenters. The number of benzene rings is 1. The topological polar surface area (TPSA) is 88.5 Å². The summed E-state index contributed by atoms with van der Waals surface area (Å²) in [5.74, 6) is -0.951. The number of ether oxygens (including phenoxy) is 1. The minimum atomic E-state index is -1.07. The smallest absolute Gasteiger partial charge is 0.337 e. The van der Waals surface area contributed by atoms with Crippen molar-refractivity contribution < 1.29 is 19.4 Å². The average molecular weight is 328 g/mol. The summed E-state index contributed by atoms with van der Waals surface area (Å²) in [6.07, 6.45) is 0. The Hall–Kier alpha value is -2.89. The van der Waals surface area contributed by atoms with Gasteiger partial charge < -0.3 is 15.2 Å². The lowest BCUT2D eigenvalue weighted by Gasteiger charge is -2.23. The Balaban J connectivity index is 2.24. The number of hydrogen-bond donors (Lipinski definition) is 2. The number of nitrogens with one attached hydrogen (secondary N) is 1. The molecule has 6 heteroatoms. The van der Waals surface area contributed by atoms with Crippen LogP contribution in [0.4, 0.5) is 5.69 Å². The summed E-state index contributed by atoms with van der Waals surface area (Å²) in [5, 5.41) is 11.8. The number of para-hydroxylation sites is 2. The fourth-order valence-corrected chi connectivity index (χ4v) is 2.09. The van der Waals surface area contributed by atoms with E-state index in [-0.39, 0.29) is 17.0 Å². The number of anilines is 1. The van der Waals surface area contributed by atoms with E-state index in [4.69, 9.17) is 9.84 Å². The minimum absolute atomic E-state index is 0.0722. The summed E-state index contributed by atoms with van der Waals surface area (Å²) in [7, 11) is 0. The van der Waals surface area contributed by atoms with Crippen molar-refractivity contribution >= 4 is 17.6 Å². The number of carboxylic acid groups (broad SMARTS) is 1. The van der Waals surface area contributed by atoms with Crippen molar-refractivity contribution in [2.24, 2.45) is 0 Å². The Morgan fingerprint density at radius 3 is 2.38 bits per heavy atom. The van der Waals surface area contributed by atoms with Gasteiger partial charge in [-0.05, 0) is 52.0 Å². The van der Waals surface area contributed by atoms with Crippen LogP contribution in [0.2, 0.25) is 0 Å². The maximum absolute atomic E-state index is 12.4. The zero-order valence-corrected chi connectivity index (χ0v) is 14.1. The second-order valence-electron chi connectivity index (χ2n) is 6.30. The number of carbonyl (C=O) groups excluding carboxylic acids is 1. The van der Waals surface area contributed by atoms with Crippen LogP contribution in [0, 0.1) is 6.92 Å². The van der Waals surface area contributed by atoms with E-state index in [1.165, 1.54) is 12.1 Å². The Morgan fingerprint density at radius 1 is 1.12 bits per heavy atom. The highest BCUT2D eigenvalue weighted by atomic mass is 16.5. The fraction of sp³-hybridized carbons (Fsp3) is 0.278. The number of nitrogens with zero attached hydrogens (tertiary/aromatic N) is 1. The lowest BCUT2D eigenvalue weighted by molar-refractivity contribution is 0.0695. The van der Waals surface area contributed by atoms with E-state index in [9.17, 15) is 9.59 Å². The van der Waals surface area contributed by atoms with Gasteiger partial charge in [-0.15, -0.1) is 0 Å². The zero-order chi connectivity index (χ0) is 17.9. The number of aryl methyl sites for hydroxylation is 1. The normalized spacial score (nSPS) is 11.0. The molecule has 1 aromatic heterocycles. The first-order chi connectivity index (χ1) is 11.2. The number of rotatable bonds is 4. The second kappa shape index (κ2) is 6.70. The van der Waals surface area contributed by atoms with Crippen LogP contribution >= 0.6 is 0 Å². The molecule has 0 aliphatic rings. The van der Waals surface area contributed by atoms with Crippen LogP contribution in [0.1, 0.15) is 47.3 Å². The lowest BCUT2D eigenvalue weighted by Crippen LogP contribution is -2.24. The highest BCUT2D eigenvalue weighted by molar-refractivity contribution is 6.04. The Kier molecular flexibility index (Phi) is 4.87. The van der Waals surface area contributed by atoms with Gasteiger partial charge in [-0.2, -0.15) is 0 Å². The zero-order valence-electron chi connectivity index (χ0n) is 14.1. The molecule has 0 saturated carbocycles. The fourth-order valence-electron chi connectivity index (χ4n) is 2.09. The molecule has 2 aromatic rings. The van der Waals surface area contributed by atoms with Crippen molar-refractivity contribution in [3.05, 3.63) is 53.3 Å². The monoisotopic (exact) mass is 328 g/mol. The van der Waals surface area contributed by atoms with E-state index < -0.39 is 17.5 Å². The molecular weight excluding hydrogens is 308 g/mol. The molecule has 1 aromatic carbocycles. The van der Waals surface area contributed by atoms with Crippen LogP contribution in [0.15, 0.2) is 36.4 Å². The molecule has 0 atom stereocenters. The van der Waals surface area contributed by atoms with Gasteiger partial charge in [0.05, 0.1) is 16.9 Å². The third-order valence-electron chi connectivity index (χ3n) is 3.10. The van der Waals surface area contributed by atoms with Gasteiger partial charge in [0.1, 0.15) is 17.0 Å². The molecule has 0 aliphatic heterocycles. The van der Waals surface area contributed by atoms with E-state index in [1.807, 2.05) is 26.8 Å². The van der Waals surface area contributed by atoms with Crippen molar-refractivity contribution in [1.82, 2.24) is 4.98 Å². The van der Waals surface area contributed by atoms with Crippen molar-refractivity contribution in [3.63, 3.8) is 0 Å². The van der Waals surface area contributed by atoms with Crippen molar-refractivity contribution in [2.75, 3.05) is 5.32 Å². The molecule has 2 rings (SSSR count). The molecule has 0 aliphatic carbocycles. The number of pyridine rings is 1. The van der Waals surface area contributed by atoms with Crippen molar-refractivity contribution in [3.8, 4) is 5.75 Å². The van der Waals surface area contributed by atoms with E-state index in [0.29, 0.717) is 11.4 Å². The van der Waals surface area contributed by atoms with Gasteiger partial charge in [-0.1, -0.05) is 12.1 Å². The number of hydrogen-bond acceptors (Lipinski definition) is 4. The summed E-state index contributed by atoms with van der Waals surface area (Å²) in [6, 6.07) is 9.87. The van der Waals surface area contributed by atoms with Crippen molar-refractivity contribution in [2.45, 2.75) is 33.3 Å². The molecule has 1 heterocycles. The quantitative estimate of drug-likeness (QED) is 0.896. The van der Waals surface area contributed by atoms with Gasteiger partial charge in [0.15, 0.2) is 0 Å². The minimum Gasteiger partial charge on any atom is -0.486 e. The molecule has 2 N–H and O–H groups in total. The summed E-state index contributed by atoms with van der Waals surface area (Å²) >= 11 is 0. The first-order valence-corrected chi connectivity index (χ1v) is 7.48. The summed E-state index contributed by atoms with van der Waals surface area (Å²) in [4.78, 5) is 27.5. The highest BCUT2D eigenvalue weighted by Crippen LogP contribution is 2.28. The first kappa shape index (κ1) is 17.5. The predicted molar refractivity (Wildman–Crippen MR) is 90.7 cm³/mol. The Morgan fingerprint density at radius 2 is 1.79 bits per heavy atom. The number of carboxylic acids is 1. The number of carbonyl (C=O) groups is 2. The molecule has 0 saturated heterocycles. The van der Waals surface area contributed by atoms with Gasteiger partial charge in [0.2, 0.25) is 0 Å². The summed E-state index contributed by atoms with van der Waals surface area (Å²) in [5.41, 5.74) is 0.623. The third-order valence-corrected chi connectivity index (χ3v) is 3.10. The van der Waals surface area contributed by atoms with E-state index in [0.717, 1.165) is 0 Å². The number of amides is 1. The Labute approximate surface area is 140 Å². The van der Waals surface area contributed by atoms with Gasteiger partial charge in [0.25, 0.3) is 5.91 Å². The van der Waals surface area contributed by atoms with Crippen LogP contribution in [-0.2, 0) is 0 Å². The molecule has 0 spiro atoms. The Bertz CT molecular complexity index is 779. The van der Waals surface area contributed by atoms with Crippen LogP contribution in [-0.4, -0.2) is 27.6 Å². The first-order valence-electron chi connectivity index (χ1n) is 7.48. The third kappa shape index (κ3) is 4.32. The second-order valence-corrected chi connectivity index (χ2v) is 6.30. The van der Waals surface area contributed by atoms with Gasteiger partial charge in [0, 0.05) is 0 Å². The molecule has 0 fully saturated rings. The molecule has 126 valence electrons. The SMILES string of the molecule is Cc1nc(C(=O)Nc2ccccc2OC(C)(C)C)ccc1C(=O)O. The molecule has 0 radical (unpaired) electrons. The van der Waals surface area contributed by atoms with Crippen LogP contribution in [0.5, 0.6) is 5.75 Å². The summed E-state index contributed by atoms with van der Waals surface area (Å²) < 4.78 is 5.83. The van der Waals surface area contributed by atoms with Crippen LogP contribution in [0.3, 0.4) is 0 Å². The molecular formula is C18H20N2O4. The van der Waals surface area contributed by atoms with E-state index in [2.05, 4.69) is 10.3 Å². The van der Waals surface area contributed by atoms with Gasteiger partial charge in [-0.25, -0.2) is 9.78 Å². The van der Waals surface area contributed by atoms with E-state index in [1.54, 1.807) is 25.1 Å². The number of aromatic carboxylic acids is 1. The number of aromatic nitrogens is 1. The standard InChI is InChI=1S/C18H20N2O4/c1-11-12(17(22)23)9-10-14(19-11)16(21)20-13-7-5-6-8-15(13)24-18(2,3)4/h5-10H,1-4H3,(H,20,21)(H,22,23). The molecule has 6 nitrogen and oxygen atoms in total. The molecule has 24 heavy (non-hydrogen) atoms. The van der Waals surface area contributed by atoms with Gasteiger partial charge >= 0.3 is 5.97 Å². The predicted octanol–water partition coefficient (Wildman–Crippen LogP) is 3.52. The average Bonchev–Trinajstić information content (AvgIpc) is 2.47. The van der Waals surface area contributed by atoms with Crippen LogP contribution < -0.4 is 10.1 Å². The summed E-state index contributed by atoms with van der Waals surface area (Å²) in [6.45, 7) is 7.31. The lowest BCUT2D eigenvalue weighted by atomic mass is 10.1. The van der Waals surface area contributed by atoms with Gasteiger partial charge in [-0.3, -0.25) is 4.79 Å². The molecule has 0 bridgehead atoms. The van der Waals surface area contributed by atoms with Crippen LogP contribution in [0.25, 0.3) is 0 Å². The highest BCUT2D eigenvalue weighted by Gasteiger charge is 2.17. The van der Waals surface area contributed by atoms with Crippen molar-refractivity contribution in [1.29, 1.82) is 0 Å². The maximum Gasteiger partial charge on any atom is 0.337 e. The maximum atomic E-state index is 12.4. The molecule has 1 amide bonds. The largest absolute Gasteiger partial charge is 0.486 e. The van der Waals surface area contributed by atoms with E-state index >= 15 is 0 Å².